The molecule has 4 heteroatoms. The molecule has 0 aromatic carbocycles. The molecule has 1 atom stereocenters. The maximum atomic E-state index is 6.29. The highest BCUT2D eigenvalue weighted by atomic mass is 35.5. The Kier molecular flexibility index (Phi) is 4.82. The summed E-state index contributed by atoms with van der Waals surface area (Å²) in [6.07, 6.45) is 9.14. The first-order valence-electron chi connectivity index (χ1n) is 8.24. The third-order valence-corrected chi connectivity index (χ3v) is 5.53. The lowest BCUT2D eigenvalue weighted by Gasteiger charge is -2.48. The van der Waals surface area contributed by atoms with Gasteiger partial charge in [-0.05, 0) is 56.8 Å². The second kappa shape index (κ2) is 6.64. The summed E-state index contributed by atoms with van der Waals surface area (Å²) >= 11 is 6.29. The second-order valence-corrected chi connectivity index (χ2v) is 7.16. The molecule has 0 aliphatic carbocycles. The maximum Gasteiger partial charge on any atom is 0.0481 e. The molecule has 2 saturated heterocycles. The lowest BCUT2D eigenvalue weighted by molar-refractivity contribution is 0.0125. The molecular weight excluding hydrogens is 282 g/mol. The quantitative estimate of drug-likeness (QED) is 0.853. The molecule has 116 valence electrons. The van der Waals surface area contributed by atoms with Gasteiger partial charge in [-0.2, -0.15) is 0 Å². The average molecular weight is 308 g/mol. The van der Waals surface area contributed by atoms with Gasteiger partial charge in [0.15, 0.2) is 0 Å². The van der Waals surface area contributed by atoms with Gasteiger partial charge in [-0.3, -0.25) is 9.88 Å². The standard InChI is InChI=1S/C17H26ClN3/c1-2-20-9-3-6-17(13-20)7-4-10-21(14-17)12-15-11-19-8-5-16(15)18/h5,8,11H,2-4,6-7,9-10,12-14H2,1H3/t17-/m0/s1. The second-order valence-electron chi connectivity index (χ2n) is 6.75. The molecule has 1 aromatic heterocycles. The van der Waals surface area contributed by atoms with Crippen LogP contribution in [0.5, 0.6) is 0 Å². The Morgan fingerprint density at radius 1 is 1.19 bits per heavy atom. The van der Waals surface area contributed by atoms with Crippen LogP contribution in [-0.2, 0) is 6.54 Å². The number of hydrogen-bond acceptors (Lipinski definition) is 3. The first-order valence-corrected chi connectivity index (χ1v) is 8.62. The number of hydrogen-bond donors (Lipinski definition) is 0. The SMILES string of the molecule is CCN1CCC[C@]2(CCCN(Cc3cnccc3Cl)C2)C1. The van der Waals surface area contributed by atoms with Crippen LogP contribution < -0.4 is 0 Å². The van der Waals surface area contributed by atoms with E-state index in [1.54, 1.807) is 6.20 Å². The van der Waals surface area contributed by atoms with E-state index >= 15 is 0 Å². The highest BCUT2D eigenvalue weighted by Crippen LogP contribution is 2.38. The molecule has 0 saturated carbocycles. The molecule has 21 heavy (non-hydrogen) atoms. The molecule has 3 nitrogen and oxygen atoms in total. The number of pyridine rings is 1. The van der Waals surface area contributed by atoms with E-state index in [9.17, 15) is 0 Å². The van der Waals surface area contributed by atoms with Gasteiger partial charge in [-0.15, -0.1) is 0 Å². The summed E-state index contributed by atoms with van der Waals surface area (Å²) in [7, 11) is 0. The Bertz CT molecular complexity index is 475. The summed E-state index contributed by atoms with van der Waals surface area (Å²) in [5, 5.41) is 0.850. The predicted molar refractivity (Wildman–Crippen MR) is 87.5 cm³/mol. The van der Waals surface area contributed by atoms with E-state index in [2.05, 4.69) is 21.7 Å². The third kappa shape index (κ3) is 3.58. The van der Waals surface area contributed by atoms with Crippen molar-refractivity contribution in [3.63, 3.8) is 0 Å². The fraction of sp³-hybridized carbons (Fsp3) is 0.706. The highest BCUT2D eigenvalue weighted by molar-refractivity contribution is 6.31. The summed E-state index contributed by atoms with van der Waals surface area (Å²) in [4.78, 5) is 9.44. The van der Waals surface area contributed by atoms with Gasteiger partial charge in [-0.25, -0.2) is 0 Å². The minimum absolute atomic E-state index is 0.515. The van der Waals surface area contributed by atoms with Crippen LogP contribution in [0.15, 0.2) is 18.5 Å². The first kappa shape index (κ1) is 15.3. The molecule has 2 fully saturated rings. The minimum Gasteiger partial charge on any atom is -0.303 e. The lowest BCUT2D eigenvalue weighted by atomic mass is 9.73. The van der Waals surface area contributed by atoms with Crippen LogP contribution in [-0.4, -0.2) is 47.5 Å². The molecule has 0 amide bonds. The monoisotopic (exact) mass is 307 g/mol. The van der Waals surface area contributed by atoms with Gasteiger partial charge in [-0.1, -0.05) is 18.5 Å². The summed E-state index contributed by atoms with van der Waals surface area (Å²) < 4.78 is 0. The van der Waals surface area contributed by atoms with Crippen molar-refractivity contribution in [3.05, 3.63) is 29.0 Å². The van der Waals surface area contributed by atoms with Crippen LogP contribution in [0.25, 0.3) is 0 Å². The molecule has 0 radical (unpaired) electrons. The summed E-state index contributed by atoms with van der Waals surface area (Å²) in [6, 6.07) is 1.90. The van der Waals surface area contributed by atoms with Gasteiger partial charge in [0.2, 0.25) is 0 Å². The highest BCUT2D eigenvalue weighted by Gasteiger charge is 2.38. The Labute approximate surface area is 133 Å². The molecule has 1 aromatic rings. The van der Waals surface area contributed by atoms with E-state index in [0.29, 0.717) is 5.41 Å². The Morgan fingerprint density at radius 2 is 1.90 bits per heavy atom. The summed E-state index contributed by atoms with van der Waals surface area (Å²) in [5.74, 6) is 0. The van der Waals surface area contributed by atoms with Crippen LogP contribution in [0, 0.1) is 5.41 Å². The van der Waals surface area contributed by atoms with E-state index in [1.807, 2.05) is 12.3 Å². The van der Waals surface area contributed by atoms with Crippen LogP contribution in [0.4, 0.5) is 0 Å². The fourth-order valence-electron chi connectivity index (χ4n) is 4.13. The molecule has 0 N–H and O–H groups in total. The summed E-state index contributed by atoms with van der Waals surface area (Å²) in [6.45, 7) is 9.40. The zero-order chi connectivity index (χ0) is 14.7. The maximum absolute atomic E-state index is 6.29. The van der Waals surface area contributed by atoms with Crippen molar-refractivity contribution >= 4 is 11.6 Å². The smallest absolute Gasteiger partial charge is 0.0481 e. The van der Waals surface area contributed by atoms with E-state index in [0.717, 1.165) is 11.6 Å². The Balaban J connectivity index is 1.67. The molecule has 2 aliphatic heterocycles. The molecule has 0 bridgehead atoms. The molecule has 1 spiro atoms. The minimum atomic E-state index is 0.515. The van der Waals surface area contributed by atoms with Gasteiger partial charge in [0.05, 0.1) is 0 Å². The van der Waals surface area contributed by atoms with Gasteiger partial charge in [0.1, 0.15) is 0 Å². The number of rotatable bonds is 3. The van der Waals surface area contributed by atoms with Crippen molar-refractivity contribution in [2.45, 2.75) is 39.2 Å². The molecule has 3 rings (SSSR count). The number of likely N-dealkylation sites (tertiary alicyclic amines) is 2. The molecule has 0 unspecified atom stereocenters. The zero-order valence-electron chi connectivity index (χ0n) is 13.0. The first-order chi connectivity index (χ1) is 10.2. The van der Waals surface area contributed by atoms with Crippen molar-refractivity contribution in [2.75, 3.05) is 32.7 Å². The van der Waals surface area contributed by atoms with Crippen molar-refractivity contribution in [1.29, 1.82) is 0 Å². The summed E-state index contributed by atoms with van der Waals surface area (Å²) in [5.41, 5.74) is 1.68. The third-order valence-electron chi connectivity index (χ3n) is 5.17. The largest absolute Gasteiger partial charge is 0.303 e. The Morgan fingerprint density at radius 3 is 2.62 bits per heavy atom. The van der Waals surface area contributed by atoms with Crippen molar-refractivity contribution in [2.24, 2.45) is 5.41 Å². The van der Waals surface area contributed by atoms with E-state index < -0.39 is 0 Å². The van der Waals surface area contributed by atoms with E-state index in [1.165, 1.54) is 64.0 Å². The molecule has 2 aliphatic rings. The lowest BCUT2D eigenvalue weighted by Crippen LogP contribution is -2.52. The Hall–Kier alpha value is -0.640. The average Bonchev–Trinajstić information content (AvgIpc) is 2.50. The van der Waals surface area contributed by atoms with Crippen molar-refractivity contribution in [1.82, 2.24) is 14.8 Å². The van der Waals surface area contributed by atoms with Crippen molar-refractivity contribution < 1.29 is 0 Å². The van der Waals surface area contributed by atoms with Gasteiger partial charge in [0, 0.05) is 42.6 Å². The fourth-order valence-corrected chi connectivity index (χ4v) is 4.29. The predicted octanol–water partition coefficient (Wildman–Crippen LogP) is 3.43. The molecular formula is C17H26ClN3. The number of piperidine rings is 2. The number of aromatic nitrogens is 1. The van der Waals surface area contributed by atoms with Gasteiger partial charge < -0.3 is 4.90 Å². The number of nitrogens with zero attached hydrogens (tertiary/aromatic N) is 3. The van der Waals surface area contributed by atoms with Crippen molar-refractivity contribution in [3.8, 4) is 0 Å². The van der Waals surface area contributed by atoms with Crippen LogP contribution in [0.2, 0.25) is 5.02 Å². The zero-order valence-corrected chi connectivity index (χ0v) is 13.8. The van der Waals surface area contributed by atoms with E-state index in [4.69, 9.17) is 11.6 Å². The van der Waals surface area contributed by atoms with Crippen LogP contribution >= 0.6 is 11.6 Å². The van der Waals surface area contributed by atoms with E-state index in [-0.39, 0.29) is 0 Å². The topological polar surface area (TPSA) is 19.4 Å². The van der Waals surface area contributed by atoms with Crippen LogP contribution in [0.3, 0.4) is 0 Å². The normalized spacial score (nSPS) is 28.1. The van der Waals surface area contributed by atoms with Gasteiger partial charge >= 0.3 is 0 Å². The number of halogens is 1. The van der Waals surface area contributed by atoms with Gasteiger partial charge in [0.25, 0.3) is 0 Å². The molecule has 3 heterocycles. The van der Waals surface area contributed by atoms with Crippen LogP contribution in [0.1, 0.15) is 38.2 Å².